The first-order valence-corrected chi connectivity index (χ1v) is 6.50. The molecular weight excluding hydrogens is 270 g/mol. The molecule has 1 aromatic heterocycles. The number of ether oxygens (including phenoxy) is 1. The molecule has 1 heterocycles. The van der Waals surface area contributed by atoms with Crippen LogP contribution in [0.5, 0.6) is 0 Å². The lowest BCUT2D eigenvalue weighted by molar-refractivity contribution is -0.118. The van der Waals surface area contributed by atoms with Gasteiger partial charge in [-0.25, -0.2) is 9.59 Å². The first-order chi connectivity index (χ1) is 8.95. The standard InChI is InChI=1S/C11H15N3O4S/c1-6-8(10(16)18-3)9(14-11(17)13-6)19-5-4-12-7(2)15/h4-5H2,1-3H3,(H,12,15)(H,13,14,17). The summed E-state index contributed by atoms with van der Waals surface area (Å²) in [5.41, 5.74) is 0.135. The number of esters is 1. The SMILES string of the molecule is COC(=O)c1c(SCCNC(C)=O)nc(=O)[nH]c1C. The number of methoxy groups -OCH3 is 1. The molecule has 0 saturated carbocycles. The third-order valence-electron chi connectivity index (χ3n) is 2.19. The molecule has 0 aliphatic heterocycles. The number of aromatic amines is 1. The van der Waals surface area contributed by atoms with Crippen LogP contribution >= 0.6 is 11.8 Å². The minimum atomic E-state index is -0.553. The van der Waals surface area contributed by atoms with Crippen molar-refractivity contribution in [3.8, 4) is 0 Å². The summed E-state index contributed by atoms with van der Waals surface area (Å²) in [5, 5.41) is 2.92. The summed E-state index contributed by atoms with van der Waals surface area (Å²) in [6.45, 7) is 3.45. The number of aromatic nitrogens is 2. The second-order valence-electron chi connectivity index (χ2n) is 3.67. The number of carbonyl (C=O) groups is 2. The number of hydrogen-bond acceptors (Lipinski definition) is 6. The lowest BCUT2D eigenvalue weighted by Gasteiger charge is -2.08. The molecule has 0 saturated heterocycles. The van der Waals surface area contributed by atoms with Crippen LogP contribution in [-0.4, -0.2) is 41.3 Å². The topological polar surface area (TPSA) is 101 Å². The van der Waals surface area contributed by atoms with Crippen molar-refractivity contribution in [1.29, 1.82) is 0 Å². The summed E-state index contributed by atoms with van der Waals surface area (Å²) in [6, 6.07) is 0. The summed E-state index contributed by atoms with van der Waals surface area (Å²) in [4.78, 5) is 39.9. The van der Waals surface area contributed by atoms with Gasteiger partial charge in [-0.2, -0.15) is 4.98 Å². The van der Waals surface area contributed by atoms with E-state index in [2.05, 4.69) is 20.0 Å². The zero-order valence-electron chi connectivity index (χ0n) is 10.9. The van der Waals surface area contributed by atoms with Gasteiger partial charge in [0.05, 0.1) is 7.11 Å². The molecule has 1 aromatic rings. The van der Waals surface area contributed by atoms with Gasteiger partial charge in [-0.15, -0.1) is 11.8 Å². The van der Waals surface area contributed by atoms with Gasteiger partial charge in [0.15, 0.2) is 0 Å². The maximum atomic E-state index is 11.6. The van der Waals surface area contributed by atoms with E-state index in [0.29, 0.717) is 23.0 Å². The van der Waals surface area contributed by atoms with Crippen molar-refractivity contribution in [2.24, 2.45) is 0 Å². The zero-order valence-corrected chi connectivity index (χ0v) is 11.7. The van der Waals surface area contributed by atoms with Crippen molar-refractivity contribution in [3.63, 3.8) is 0 Å². The van der Waals surface area contributed by atoms with E-state index < -0.39 is 11.7 Å². The smallest absolute Gasteiger partial charge is 0.346 e. The van der Waals surface area contributed by atoms with Crippen molar-refractivity contribution < 1.29 is 14.3 Å². The van der Waals surface area contributed by atoms with E-state index in [4.69, 9.17) is 0 Å². The quantitative estimate of drug-likeness (QED) is 0.344. The van der Waals surface area contributed by atoms with E-state index in [9.17, 15) is 14.4 Å². The highest BCUT2D eigenvalue weighted by Crippen LogP contribution is 2.20. The second-order valence-corrected chi connectivity index (χ2v) is 4.75. The van der Waals surface area contributed by atoms with Gasteiger partial charge >= 0.3 is 11.7 Å². The van der Waals surface area contributed by atoms with Gasteiger partial charge in [-0.05, 0) is 6.92 Å². The van der Waals surface area contributed by atoms with Crippen molar-refractivity contribution >= 4 is 23.6 Å². The second kappa shape index (κ2) is 6.93. The molecule has 0 bridgehead atoms. The number of hydrogen-bond donors (Lipinski definition) is 2. The van der Waals surface area contributed by atoms with E-state index >= 15 is 0 Å². The van der Waals surface area contributed by atoms with Crippen LogP contribution in [0.25, 0.3) is 0 Å². The van der Waals surface area contributed by atoms with Gasteiger partial charge in [0.1, 0.15) is 10.6 Å². The Hall–Kier alpha value is -1.83. The van der Waals surface area contributed by atoms with Crippen LogP contribution in [0.1, 0.15) is 23.0 Å². The minimum Gasteiger partial charge on any atom is -0.465 e. The van der Waals surface area contributed by atoms with Crippen molar-refractivity contribution in [2.75, 3.05) is 19.4 Å². The molecule has 0 aliphatic rings. The number of aryl methyl sites for hydroxylation is 1. The first-order valence-electron chi connectivity index (χ1n) is 5.52. The van der Waals surface area contributed by atoms with Crippen LogP contribution in [0.2, 0.25) is 0 Å². The lowest BCUT2D eigenvalue weighted by atomic mass is 10.2. The Kier molecular flexibility index (Phi) is 5.56. The zero-order chi connectivity index (χ0) is 14.4. The molecule has 0 spiro atoms. The summed E-state index contributed by atoms with van der Waals surface area (Å²) in [5.74, 6) is -0.188. The molecule has 0 atom stereocenters. The molecule has 1 rings (SSSR count). The van der Waals surface area contributed by atoms with Crippen LogP contribution < -0.4 is 11.0 Å². The van der Waals surface area contributed by atoms with E-state index in [0.717, 1.165) is 0 Å². The third-order valence-corrected chi connectivity index (χ3v) is 3.17. The van der Waals surface area contributed by atoms with Gasteiger partial charge in [0.2, 0.25) is 5.91 Å². The van der Waals surface area contributed by atoms with Crippen molar-refractivity contribution in [1.82, 2.24) is 15.3 Å². The molecule has 0 unspecified atom stereocenters. The molecule has 0 aliphatic carbocycles. The van der Waals surface area contributed by atoms with Gasteiger partial charge in [-0.1, -0.05) is 0 Å². The minimum absolute atomic E-state index is 0.135. The first kappa shape index (κ1) is 15.2. The van der Waals surface area contributed by atoms with Gasteiger partial charge in [-0.3, -0.25) is 4.79 Å². The van der Waals surface area contributed by atoms with Crippen LogP contribution in [0, 0.1) is 6.92 Å². The van der Waals surface area contributed by atoms with E-state index in [-0.39, 0.29) is 11.5 Å². The van der Waals surface area contributed by atoms with Crippen LogP contribution in [-0.2, 0) is 9.53 Å². The molecule has 8 heteroatoms. The van der Waals surface area contributed by atoms with E-state index in [1.807, 2.05) is 0 Å². The van der Waals surface area contributed by atoms with Crippen LogP contribution in [0.3, 0.4) is 0 Å². The number of rotatable bonds is 5. The summed E-state index contributed by atoms with van der Waals surface area (Å²) in [7, 11) is 1.26. The number of thioether (sulfide) groups is 1. The number of amides is 1. The predicted molar refractivity (Wildman–Crippen MR) is 70.3 cm³/mol. The molecule has 2 N–H and O–H groups in total. The number of nitrogens with zero attached hydrogens (tertiary/aromatic N) is 1. The fourth-order valence-electron chi connectivity index (χ4n) is 1.38. The average Bonchev–Trinajstić information content (AvgIpc) is 2.33. The lowest BCUT2D eigenvalue weighted by Crippen LogP contribution is -2.23. The van der Waals surface area contributed by atoms with E-state index in [1.165, 1.54) is 25.8 Å². The van der Waals surface area contributed by atoms with Crippen molar-refractivity contribution in [2.45, 2.75) is 18.9 Å². The largest absolute Gasteiger partial charge is 0.465 e. The molecule has 104 valence electrons. The number of H-pyrrole nitrogens is 1. The molecule has 7 nitrogen and oxygen atoms in total. The number of carbonyl (C=O) groups excluding carboxylic acids is 2. The Bertz CT molecular complexity index is 541. The maximum absolute atomic E-state index is 11.6. The Morgan fingerprint density at radius 1 is 1.47 bits per heavy atom. The molecule has 1 amide bonds. The third kappa shape index (κ3) is 4.40. The fourth-order valence-corrected chi connectivity index (χ4v) is 2.31. The van der Waals surface area contributed by atoms with Gasteiger partial charge < -0.3 is 15.0 Å². The predicted octanol–water partition coefficient (Wildman–Crippen LogP) is 0.0931. The monoisotopic (exact) mass is 285 g/mol. The Labute approximate surface area is 114 Å². The Morgan fingerprint density at radius 2 is 2.16 bits per heavy atom. The molecule has 0 radical (unpaired) electrons. The Balaban J connectivity index is 2.89. The highest BCUT2D eigenvalue weighted by molar-refractivity contribution is 7.99. The summed E-state index contributed by atoms with van der Waals surface area (Å²) >= 11 is 1.21. The summed E-state index contributed by atoms with van der Waals surface area (Å²) in [6.07, 6.45) is 0. The molecule has 19 heavy (non-hydrogen) atoms. The summed E-state index contributed by atoms with van der Waals surface area (Å²) < 4.78 is 4.66. The average molecular weight is 285 g/mol. The van der Waals surface area contributed by atoms with Gasteiger partial charge in [0.25, 0.3) is 0 Å². The maximum Gasteiger partial charge on any atom is 0.346 e. The van der Waals surface area contributed by atoms with Crippen molar-refractivity contribution in [3.05, 3.63) is 21.7 Å². The van der Waals surface area contributed by atoms with Gasteiger partial charge in [0, 0.05) is 24.9 Å². The van der Waals surface area contributed by atoms with Crippen LogP contribution in [0.15, 0.2) is 9.82 Å². The Morgan fingerprint density at radius 3 is 2.74 bits per heavy atom. The van der Waals surface area contributed by atoms with E-state index in [1.54, 1.807) is 6.92 Å². The molecule has 0 aromatic carbocycles. The highest BCUT2D eigenvalue weighted by Gasteiger charge is 2.18. The number of nitrogens with one attached hydrogen (secondary N) is 2. The highest BCUT2D eigenvalue weighted by atomic mass is 32.2. The fraction of sp³-hybridized carbons (Fsp3) is 0.455. The molecule has 0 fully saturated rings. The normalized spacial score (nSPS) is 10.1. The molecular formula is C11H15N3O4S. The van der Waals surface area contributed by atoms with Crippen LogP contribution in [0.4, 0.5) is 0 Å².